The van der Waals surface area contributed by atoms with Gasteiger partial charge in [-0.2, -0.15) is 0 Å². The summed E-state index contributed by atoms with van der Waals surface area (Å²) in [6, 6.07) is 5.50. The predicted molar refractivity (Wildman–Crippen MR) is 71.8 cm³/mol. The molecule has 19 heavy (non-hydrogen) atoms. The Hall–Kier alpha value is -1.82. The number of thioether (sulfide) groups is 1. The van der Waals surface area contributed by atoms with Crippen molar-refractivity contribution in [2.75, 3.05) is 12.9 Å². The van der Waals surface area contributed by atoms with Crippen LogP contribution < -0.4 is 4.74 Å². The average Bonchev–Trinajstić information content (AvgIpc) is 2.81. The highest BCUT2D eigenvalue weighted by Crippen LogP contribution is 2.23. The quantitative estimate of drug-likeness (QED) is 0.619. The van der Waals surface area contributed by atoms with Crippen LogP contribution >= 0.6 is 11.8 Å². The highest BCUT2D eigenvalue weighted by molar-refractivity contribution is 7.99. The first-order chi connectivity index (χ1) is 9.10. The maximum absolute atomic E-state index is 12.1. The molecule has 0 unspecified atom stereocenters. The van der Waals surface area contributed by atoms with Crippen LogP contribution in [0.2, 0.25) is 0 Å². The van der Waals surface area contributed by atoms with Crippen LogP contribution in [0.5, 0.6) is 5.75 Å². The number of rotatable bonds is 5. The van der Waals surface area contributed by atoms with Crippen molar-refractivity contribution in [1.82, 2.24) is 10.2 Å². The molecule has 0 saturated heterocycles. The average molecular weight is 278 g/mol. The van der Waals surface area contributed by atoms with Gasteiger partial charge in [0, 0.05) is 6.92 Å². The summed E-state index contributed by atoms with van der Waals surface area (Å²) in [6.07, 6.45) is 0. The van der Waals surface area contributed by atoms with Crippen molar-refractivity contribution < 1.29 is 13.9 Å². The van der Waals surface area contributed by atoms with Gasteiger partial charge in [0.25, 0.3) is 5.22 Å². The van der Waals surface area contributed by atoms with E-state index in [0.717, 1.165) is 5.56 Å². The monoisotopic (exact) mass is 278 g/mol. The fraction of sp³-hybridized carbons (Fsp3) is 0.308. The molecule has 0 N–H and O–H groups in total. The van der Waals surface area contributed by atoms with E-state index in [1.165, 1.54) is 11.8 Å². The van der Waals surface area contributed by atoms with E-state index < -0.39 is 0 Å². The molecule has 5 nitrogen and oxygen atoms in total. The lowest BCUT2D eigenvalue weighted by molar-refractivity contribution is 0.101. The zero-order valence-corrected chi connectivity index (χ0v) is 11.8. The van der Waals surface area contributed by atoms with Crippen LogP contribution in [0, 0.1) is 13.8 Å². The Balaban J connectivity index is 2.07. The lowest BCUT2D eigenvalue weighted by Crippen LogP contribution is -2.05. The number of carbonyl (C=O) groups is 1. The highest BCUT2D eigenvalue weighted by atomic mass is 32.2. The Bertz CT molecular complexity index is 595. The number of Topliss-reactive ketones (excluding diaryl/α,β-unsaturated/α-hetero) is 1. The van der Waals surface area contributed by atoms with E-state index in [1.54, 1.807) is 20.1 Å². The van der Waals surface area contributed by atoms with E-state index in [9.17, 15) is 4.79 Å². The van der Waals surface area contributed by atoms with Gasteiger partial charge in [0.1, 0.15) is 5.75 Å². The van der Waals surface area contributed by atoms with Gasteiger partial charge in [-0.15, -0.1) is 10.2 Å². The number of aromatic nitrogens is 2. The summed E-state index contributed by atoms with van der Waals surface area (Å²) in [5.74, 6) is 1.29. The highest BCUT2D eigenvalue weighted by Gasteiger charge is 2.14. The van der Waals surface area contributed by atoms with E-state index in [-0.39, 0.29) is 11.5 Å². The molecule has 2 aromatic rings. The normalized spacial score (nSPS) is 10.5. The molecular weight excluding hydrogens is 264 g/mol. The zero-order valence-electron chi connectivity index (χ0n) is 11.0. The van der Waals surface area contributed by atoms with Crippen LogP contribution in [0.1, 0.15) is 21.8 Å². The lowest BCUT2D eigenvalue weighted by Gasteiger charge is -2.07. The van der Waals surface area contributed by atoms with E-state index in [4.69, 9.17) is 9.15 Å². The molecule has 0 fully saturated rings. The van der Waals surface area contributed by atoms with Crippen LogP contribution in [-0.4, -0.2) is 28.8 Å². The molecule has 0 saturated carbocycles. The molecule has 0 aliphatic rings. The van der Waals surface area contributed by atoms with Gasteiger partial charge >= 0.3 is 0 Å². The fourth-order valence-corrected chi connectivity index (χ4v) is 2.26. The maximum atomic E-state index is 12.1. The minimum absolute atomic E-state index is 0.0299. The van der Waals surface area contributed by atoms with Gasteiger partial charge in [-0.05, 0) is 24.6 Å². The third-order valence-electron chi connectivity index (χ3n) is 2.49. The number of hydrogen-bond donors (Lipinski definition) is 0. The Morgan fingerprint density at radius 3 is 2.79 bits per heavy atom. The van der Waals surface area contributed by atoms with Crippen molar-refractivity contribution in [2.45, 2.75) is 19.1 Å². The van der Waals surface area contributed by atoms with Gasteiger partial charge in [0.15, 0.2) is 5.78 Å². The first kappa shape index (κ1) is 13.6. The first-order valence-electron chi connectivity index (χ1n) is 5.71. The summed E-state index contributed by atoms with van der Waals surface area (Å²) in [5.41, 5.74) is 1.62. The lowest BCUT2D eigenvalue weighted by atomic mass is 10.1. The number of aryl methyl sites for hydroxylation is 2. The van der Waals surface area contributed by atoms with Gasteiger partial charge in [0.05, 0.1) is 18.4 Å². The molecular formula is C13H14N2O3S. The molecule has 0 radical (unpaired) electrons. The predicted octanol–water partition coefficient (Wildman–Crippen LogP) is 2.67. The molecule has 1 aromatic carbocycles. The van der Waals surface area contributed by atoms with Gasteiger partial charge < -0.3 is 9.15 Å². The SMILES string of the molecule is COc1cc(C)ccc1C(=O)CSc1nnc(C)o1. The Labute approximate surface area is 115 Å². The van der Waals surface area contributed by atoms with Crippen molar-refractivity contribution in [3.63, 3.8) is 0 Å². The topological polar surface area (TPSA) is 65.2 Å². The minimum atomic E-state index is -0.0299. The van der Waals surface area contributed by atoms with Crippen molar-refractivity contribution >= 4 is 17.5 Å². The third-order valence-corrected chi connectivity index (χ3v) is 3.31. The van der Waals surface area contributed by atoms with Crippen molar-refractivity contribution in [3.8, 4) is 5.75 Å². The van der Waals surface area contributed by atoms with Crippen LogP contribution in [0.25, 0.3) is 0 Å². The van der Waals surface area contributed by atoms with Gasteiger partial charge in [-0.1, -0.05) is 17.8 Å². The number of nitrogens with zero attached hydrogens (tertiary/aromatic N) is 2. The number of benzene rings is 1. The second-order valence-corrected chi connectivity index (χ2v) is 4.93. The Kier molecular flexibility index (Phi) is 4.21. The standard InChI is InChI=1S/C13H14N2O3S/c1-8-4-5-10(12(6-8)17-3)11(16)7-19-13-15-14-9(2)18-13/h4-6H,7H2,1-3H3. The second kappa shape index (κ2) is 5.88. The van der Waals surface area contributed by atoms with Crippen LogP contribution in [0.4, 0.5) is 0 Å². The summed E-state index contributed by atoms with van der Waals surface area (Å²) < 4.78 is 10.4. The molecule has 6 heteroatoms. The second-order valence-electron chi connectivity index (χ2n) is 4.00. The van der Waals surface area contributed by atoms with Crippen molar-refractivity contribution in [2.24, 2.45) is 0 Å². The molecule has 0 aliphatic heterocycles. The largest absolute Gasteiger partial charge is 0.496 e. The number of carbonyl (C=O) groups excluding carboxylic acids is 1. The molecule has 1 heterocycles. The molecule has 1 aromatic heterocycles. The zero-order chi connectivity index (χ0) is 13.8. The van der Waals surface area contributed by atoms with Gasteiger partial charge in [0.2, 0.25) is 5.89 Å². The Morgan fingerprint density at radius 1 is 1.37 bits per heavy atom. The van der Waals surface area contributed by atoms with Crippen molar-refractivity contribution in [3.05, 3.63) is 35.2 Å². The third kappa shape index (κ3) is 3.35. The van der Waals surface area contributed by atoms with E-state index in [0.29, 0.717) is 22.4 Å². The minimum Gasteiger partial charge on any atom is -0.496 e. The summed E-state index contributed by atoms with van der Waals surface area (Å²) in [5, 5.41) is 7.94. The number of hydrogen-bond acceptors (Lipinski definition) is 6. The first-order valence-corrected chi connectivity index (χ1v) is 6.69. The van der Waals surface area contributed by atoms with Crippen molar-refractivity contribution in [1.29, 1.82) is 0 Å². The summed E-state index contributed by atoms with van der Waals surface area (Å²) >= 11 is 1.22. The summed E-state index contributed by atoms with van der Waals surface area (Å²) in [7, 11) is 1.56. The van der Waals surface area contributed by atoms with Crippen LogP contribution in [0.3, 0.4) is 0 Å². The molecule has 0 spiro atoms. The number of ketones is 1. The van der Waals surface area contributed by atoms with Crippen LogP contribution in [0.15, 0.2) is 27.8 Å². The Morgan fingerprint density at radius 2 is 2.16 bits per heavy atom. The summed E-state index contributed by atoms with van der Waals surface area (Å²) in [4.78, 5) is 12.1. The summed E-state index contributed by atoms with van der Waals surface area (Å²) in [6.45, 7) is 3.66. The smallest absolute Gasteiger partial charge is 0.277 e. The molecule has 0 aliphatic carbocycles. The fourth-order valence-electron chi connectivity index (χ4n) is 1.57. The van der Waals surface area contributed by atoms with E-state index >= 15 is 0 Å². The van der Waals surface area contributed by atoms with E-state index in [1.807, 2.05) is 19.1 Å². The molecule has 0 bridgehead atoms. The molecule has 0 amide bonds. The number of methoxy groups -OCH3 is 1. The van der Waals surface area contributed by atoms with Gasteiger partial charge in [-0.25, -0.2) is 0 Å². The molecule has 0 atom stereocenters. The molecule has 100 valence electrons. The van der Waals surface area contributed by atoms with E-state index in [2.05, 4.69) is 10.2 Å². The number of ether oxygens (including phenoxy) is 1. The van der Waals surface area contributed by atoms with Gasteiger partial charge in [-0.3, -0.25) is 4.79 Å². The van der Waals surface area contributed by atoms with Crippen LogP contribution in [-0.2, 0) is 0 Å². The maximum Gasteiger partial charge on any atom is 0.277 e. The molecule has 2 rings (SSSR count).